The maximum absolute atomic E-state index is 14.6. The number of imide groups is 1. The van der Waals surface area contributed by atoms with Crippen molar-refractivity contribution in [3.8, 4) is 35.2 Å². The zero-order chi connectivity index (χ0) is 107. The lowest BCUT2D eigenvalue weighted by molar-refractivity contribution is -0.335. The van der Waals surface area contributed by atoms with Gasteiger partial charge < -0.3 is 119 Å². The van der Waals surface area contributed by atoms with Gasteiger partial charge in [-0.3, -0.25) is 52.9 Å². The van der Waals surface area contributed by atoms with E-state index in [2.05, 4.69) is 55.7 Å². The predicted molar refractivity (Wildman–Crippen MR) is 554 cm³/mol. The van der Waals surface area contributed by atoms with Crippen LogP contribution in [0.5, 0.6) is 11.5 Å². The number of rotatable bonds is 54. The number of amides is 8. The number of fused-ring (bicyclic) bond motifs is 2. The number of hydrogen-bond donors (Lipinski definition) is 12. The van der Waals surface area contributed by atoms with E-state index < -0.39 is 155 Å². The highest BCUT2D eigenvalue weighted by Crippen LogP contribution is 2.48. The van der Waals surface area contributed by atoms with Crippen LogP contribution in [0.1, 0.15) is 226 Å². The van der Waals surface area contributed by atoms with E-state index in [1.54, 1.807) is 78.8 Å². The van der Waals surface area contributed by atoms with Crippen LogP contribution in [-0.2, 0) is 102 Å². The Kier molecular flexibility index (Phi) is 48.2. The van der Waals surface area contributed by atoms with Gasteiger partial charge in [-0.15, -0.1) is 0 Å². The van der Waals surface area contributed by atoms with Gasteiger partial charge in [0.15, 0.2) is 36.0 Å². The molecule has 8 amide bonds. The number of nitrogens with zero attached hydrogens (tertiary/aromatic N) is 1. The van der Waals surface area contributed by atoms with Gasteiger partial charge in [0.05, 0.1) is 90.2 Å². The fourth-order valence-electron chi connectivity index (χ4n) is 18.2. The van der Waals surface area contributed by atoms with E-state index in [0.717, 1.165) is 11.8 Å². The van der Waals surface area contributed by atoms with E-state index in [-0.39, 0.29) is 200 Å². The molecule has 5 saturated heterocycles. The molecule has 42 heteroatoms. The number of ketones is 4. The molecule has 146 heavy (non-hydrogen) atoms. The Morgan fingerprint density at radius 1 is 0.747 bits per heavy atom. The molecule has 5 fully saturated rings. The van der Waals surface area contributed by atoms with Crippen LogP contribution in [0.3, 0.4) is 0 Å². The number of carbonyl (C=O) groups is 12. The Balaban J connectivity index is 0.704. The largest absolute Gasteiger partial charge is 0.496 e. The average molecular weight is 2210 g/mol. The van der Waals surface area contributed by atoms with Gasteiger partial charge in [-0.2, -0.15) is 5.48 Å². The van der Waals surface area contributed by atoms with Crippen LogP contribution in [0.15, 0.2) is 59.2 Å². The summed E-state index contributed by atoms with van der Waals surface area (Å²) in [6, 6.07) is 3.90. The van der Waals surface area contributed by atoms with E-state index >= 15 is 0 Å². The minimum atomic E-state index is -2.12. The molecule has 0 aromatic heterocycles. The maximum atomic E-state index is 14.6. The van der Waals surface area contributed by atoms with Crippen molar-refractivity contribution in [2.45, 2.75) is 333 Å². The number of unbranched alkanes of at least 4 members (excludes halogenated alkanes) is 2. The Hall–Kier alpha value is -8.04. The van der Waals surface area contributed by atoms with Gasteiger partial charge >= 0.3 is 12.1 Å². The number of urea groups is 1. The fraction of sp³-hybridized carbons (Fsp3) is 0.673. The second-order valence-electron chi connectivity index (χ2n) is 40.2. The lowest BCUT2D eigenvalue weighted by atomic mass is 9.72. The minimum Gasteiger partial charge on any atom is -0.496 e. The number of nitrogens with two attached hydrogens (primary N) is 1. The molecule has 0 radical (unpaired) electrons. The number of nitrogens with one attached hydrogen (secondary N) is 6. The molecule has 5 aliphatic heterocycles. The van der Waals surface area contributed by atoms with Crippen LogP contribution in [0.25, 0.3) is 0 Å². The lowest BCUT2D eigenvalue weighted by Gasteiger charge is -2.46. The Morgan fingerprint density at radius 2 is 1.43 bits per heavy atom. The van der Waals surface area contributed by atoms with Crippen molar-refractivity contribution in [2.75, 3.05) is 84.5 Å². The third kappa shape index (κ3) is 35.5. The topological polar surface area (TPSA) is 527 Å². The summed E-state index contributed by atoms with van der Waals surface area (Å²) in [6.45, 7) is 29.1. The van der Waals surface area contributed by atoms with Crippen LogP contribution in [0.2, 0.25) is 0 Å². The van der Waals surface area contributed by atoms with E-state index in [0.29, 0.717) is 104 Å². The number of aliphatic hydroxyl groups excluding tert-OH is 4. The second kappa shape index (κ2) is 58.0. The molecular formula is C104H149IN8O30S3. The van der Waals surface area contributed by atoms with E-state index in [4.69, 9.17) is 67.4 Å². The molecule has 7 aliphatic rings. The van der Waals surface area contributed by atoms with Gasteiger partial charge in [-0.25, -0.2) is 9.59 Å². The highest BCUT2D eigenvalue weighted by Gasteiger charge is 2.53. The van der Waals surface area contributed by atoms with Gasteiger partial charge in [-0.05, 0) is 188 Å². The smallest absolute Gasteiger partial charge is 0.407 e. The second-order valence-corrected chi connectivity index (χ2v) is 45.5. The number of methoxy groups -OCH3 is 2. The van der Waals surface area contributed by atoms with Gasteiger partial charge in [0.2, 0.25) is 40.9 Å². The molecular weight excluding hydrogens is 2060 g/mol. The molecule has 18 unspecified atom stereocenters. The van der Waals surface area contributed by atoms with Crippen LogP contribution in [0, 0.1) is 76.1 Å². The maximum Gasteiger partial charge on any atom is 0.407 e. The summed E-state index contributed by atoms with van der Waals surface area (Å²) in [7, 11) is 5.70. The van der Waals surface area contributed by atoms with Crippen molar-refractivity contribution in [2.24, 2.45) is 40.7 Å². The third-order valence-corrected chi connectivity index (χ3v) is 32.5. The zero-order valence-corrected chi connectivity index (χ0v) is 91.2. The fourth-order valence-corrected chi connectivity index (χ4v) is 22.6. The zero-order valence-electron chi connectivity index (χ0n) is 86.6. The standard InChI is InChI=1S/C104H149IN8O30S3/c1-57(2)85(111-78(120)30-22-20-24-42-113-79(121)52-72(96(113)126)102(11,12)13)73(116)51-67(28-25-39-108-100(106)128)95(125)110-69-33-31-66(32-34-69)55-136-101(129)109-41-27-44-134-46-45-133-43-26-40-107-77(119)35-38-103(14,15)146-144-47-36-71-83-70(50-60(5)115)75(118)54-104(71,130)37-23-19-18-21-29-76(83)140-99-93(141-80-48-58(3)68(56-135-80)49-59(4)114)88(123)86(63(8)138-99)112-143-81-53-74(117)94(65(10)137-81)145-97(127)82-61(6)84(105)91(62(7)90(82)131-16)142-98-89(124)92(132-17)87(122)64(9)139-98/h18-19,31-34,36,57-58,63-65,67-68,72,74,76,80-81,85-89,92-94,98-99,112,117,122-124,130H,20,22,24-28,30,35,38-56H2,1-17H3,(H,107,119)(H,109,129)(H,110,125)(H,111,120)(H3,106,108,128)/b19-18-,71-36-/t58?,63?,64?,65?,67-,68?,72?,74?,76+,80?,81?,85+,86?,87?,88?,89?,92?,93?,94?,98?,99?,104+/m1/s1. The molecule has 22 atom stereocenters. The first-order valence-electron chi connectivity index (χ1n) is 50.0. The molecule has 2 aromatic carbocycles. The van der Waals surface area contributed by atoms with Crippen molar-refractivity contribution in [3.63, 3.8) is 0 Å². The molecule has 0 spiro atoms. The SMILES string of the molecule is COc1c(C)c(OC2OC(C)C(O)C(OC)C2O)c(I)c(C)c1C(=O)SC1C(O)CC(ONC2C(C)OC(O[C@H]3C#C/C=C\C#C[C@]4(O)CC(=O)C(CC(C)=O)=C3/C4=C/CSSC(C)(C)CCC(=O)NCCCOCCOCCCNC(=O)OCc3ccc(NC(=O)[C@H](CCCNC(N)=O)CC(=O)[C@@H](NC(=O)CCCCCN4C(=O)CC(C(C)(C)C)C4=O)C(C)C)cc3)C(OC3CC(C)C(CC(C)=O)CO3)C2O)OC1C. The number of aliphatic hydroxyl groups is 5. The first-order valence-corrected chi connectivity index (χ1v) is 54.3. The number of hydroxylamine groups is 1. The molecule has 2 aromatic rings. The predicted octanol–water partition coefficient (Wildman–Crippen LogP) is 9.62. The number of primary amides is 1. The van der Waals surface area contributed by atoms with Crippen LogP contribution in [-0.4, -0.2) is 293 Å². The van der Waals surface area contributed by atoms with E-state index in [9.17, 15) is 83.1 Å². The van der Waals surface area contributed by atoms with Gasteiger partial charge in [0.25, 0.3) is 0 Å². The Bertz CT molecular complexity index is 5060. The lowest BCUT2D eigenvalue weighted by Crippen LogP contribution is -2.64. The van der Waals surface area contributed by atoms with Gasteiger partial charge in [0.1, 0.15) is 66.3 Å². The summed E-state index contributed by atoms with van der Waals surface area (Å²) >= 11 is 2.90. The molecule has 5 heterocycles. The highest BCUT2D eigenvalue weighted by molar-refractivity contribution is 14.1. The number of thioether (sulfide) groups is 1. The number of alkyl carbamates (subject to hydrolysis) is 1. The summed E-state index contributed by atoms with van der Waals surface area (Å²) in [4.78, 5) is 166. The molecule has 810 valence electrons. The highest BCUT2D eigenvalue weighted by atomic mass is 127. The third-order valence-electron chi connectivity index (χ3n) is 26.6. The van der Waals surface area contributed by atoms with Gasteiger partial charge in [0, 0.05) is 142 Å². The van der Waals surface area contributed by atoms with Crippen molar-refractivity contribution in [1.29, 1.82) is 0 Å². The first-order chi connectivity index (χ1) is 69.1. The average Bonchev–Trinajstić information content (AvgIpc) is 0.835. The number of allylic oxidation sites excluding steroid dienone is 3. The van der Waals surface area contributed by atoms with Crippen LogP contribution in [0.4, 0.5) is 15.3 Å². The normalized spacial score (nSPS) is 27.3. The summed E-state index contributed by atoms with van der Waals surface area (Å²) in [5, 5.41) is 71.7. The monoisotopic (exact) mass is 2210 g/mol. The summed E-state index contributed by atoms with van der Waals surface area (Å²) in [5.74, 6) is 8.16. The Labute approximate surface area is 881 Å². The number of likely N-dealkylation sites (tertiary alicyclic amines) is 1. The quantitative estimate of drug-likeness (QED) is 0.00732. The number of carbonyl (C=O) groups excluding carboxylic acids is 12. The number of anilines is 1. The number of hydrogen-bond acceptors (Lipinski definition) is 34. The van der Waals surface area contributed by atoms with Crippen LogP contribution >= 0.6 is 55.9 Å². The summed E-state index contributed by atoms with van der Waals surface area (Å²) in [6.07, 6.45) is -9.21. The van der Waals surface area contributed by atoms with Crippen molar-refractivity contribution in [1.82, 2.24) is 31.6 Å². The number of halogens is 1. The van der Waals surface area contributed by atoms with Crippen molar-refractivity contribution >= 4 is 132 Å². The Morgan fingerprint density at radius 3 is 2.08 bits per heavy atom. The van der Waals surface area contributed by atoms with Crippen molar-refractivity contribution < 1.29 is 145 Å². The number of Topliss-reactive ketones (excluding diaryl/α,β-unsaturated/α-hetero) is 4. The van der Waals surface area contributed by atoms with Crippen molar-refractivity contribution in [3.05, 3.63) is 85.0 Å². The molecule has 2 aliphatic carbocycles. The first kappa shape index (κ1) is 121. The molecule has 9 rings (SSSR count). The van der Waals surface area contributed by atoms with E-state index in [1.165, 1.54) is 66.7 Å². The summed E-state index contributed by atoms with van der Waals surface area (Å²) < 4.78 is 73.2. The minimum absolute atomic E-state index is 0.0121. The van der Waals surface area contributed by atoms with E-state index in [1.807, 2.05) is 64.1 Å². The summed E-state index contributed by atoms with van der Waals surface area (Å²) in [5.41, 5.74) is 8.17. The molecule has 0 saturated carbocycles. The molecule has 2 bridgehead atoms. The molecule has 13 N–H and O–H groups in total. The van der Waals surface area contributed by atoms with Gasteiger partial charge in [-0.1, -0.05) is 123 Å². The number of benzene rings is 2. The number of ether oxygens (including phenoxy) is 12. The van der Waals surface area contributed by atoms with Crippen LogP contribution < -0.4 is 47.3 Å². The molecule has 38 nitrogen and oxygen atoms in total.